The summed E-state index contributed by atoms with van der Waals surface area (Å²) in [6, 6.07) is 6.90. The Kier molecular flexibility index (Phi) is 7.71. The lowest BCUT2D eigenvalue weighted by Crippen LogP contribution is -2.42. The fourth-order valence-electron chi connectivity index (χ4n) is 2.87. The van der Waals surface area contributed by atoms with Crippen LogP contribution in [0.4, 0.5) is 0 Å². The molecular formula is C18H30N4O2S. The first-order valence-electron chi connectivity index (χ1n) is 9.02. The van der Waals surface area contributed by atoms with Crippen LogP contribution in [0.15, 0.2) is 34.2 Å². The molecule has 1 aromatic rings. The van der Waals surface area contributed by atoms with Crippen LogP contribution in [0.2, 0.25) is 0 Å². The predicted octanol–water partition coefficient (Wildman–Crippen LogP) is 1.63. The van der Waals surface area contributed by atoms with Crippen molar-refractivity contribution >= 4 is 15.8 Å². The molecule has 7 heteroatoms. The van der Waals surface area contributed by atoms with Gasteiger partial charge in [0.2, 0.25) is 0 Å². The summed E-state index contributed by atoms with van der Waals surface area (Å²) in [4.78, 5) is 7.41. The Morgan fingerprint density at radius 1 is 1.12 bits per heavy atom. The molecule has 0 spiro atoms. The molecule has 0 bridgehead atoms. The number of aliphatic imine (C=N–C) groups is 1. The third-order valence-corrected chi connectivity index (χ3v) is 5.41. The number of guanidine groups is 1. The van der Waals surface area contributed by atoms with E-state index in [0.717, 1.165) is 31.2 Å². The summed E-state index contributed by atoms with van der Waals surface area (Å²) in [6.07, 6.45) is 5.18. The molecule has 1 aliphatic rings. The van der Waals surface area contributed by atoms with Crippen LogP contribution in [-0.4, -0.2) is 58.3 Å². The van der Waals surface area contributed by atoms with Crippen molar-refractivity contribution in [3.63, 3.8) is 0 Å². The van der Waals surface area contributed by atoms with E-state index < -0.39 is 9.84 Å². The molecule has 0 atom stereocenters. The second-order valence-electron chi connectivity index (χ2n) is 6.44. The van der Waals surface area contributed by atoms with E-state index >= 15 is 0 Å². The minimum atomic E-state index is -3.15. The summed E-state index contributed by atoms with van der Waals surface area (Å²) in [5.41, 5.74) is 0.987. The van der Waals surface area contributed by atoms with Gasteiger partial charge in [-0.25, -0.2) is 13.4 Å². The van der Waals surface area contributed by atoms with E-state index in [1.165, 1.54) is 38.6 Å². The van der Waals surface area contributed by atoms with Crippen molar-refractivity contribution < 1.29 is 8.42 Å². The van der Waals surface area contributed by atoms with E-state index in [1.807, 2.05) is 19.1 Å². The Bertz CT molecular complexity index is 650. The van der Waals surface area contributed by atoms with Crippen molar-refractivity contribution in [2.75, 3.05) is 39.0 Å². The first-order chi connectivity index (χ1) is 12.0. The summed E-state index contributed by atoms with van der Waals surface area (Å²) in [5.74, 6) is 0.798. The first-order valence-corrected chi connectivity index (χ1v) is 10.9. The molecule has 2 rings (SSSR count). The number of piperidine rings is 1. The highest BCUT2D eigenvalue weighted by Gasteiger charge is 2.09. The number of hydrogen-bond donors (Lipinski definition) is 2. The largest absolute Gasteiger partial charge is 0.357 e. The molecule has 25 heavy (non-hydrogen) atoms. The maximum absolute atomic E-state index is 11.5. The van der Waals surface area contributed by atoms with E-state index in [9.17, 15) is 8.42 Å². The zero-order valence-electron chi connectivity index (χ0n) is 15.3. The van der Waals surface area contributed by atoms with Gasteiger partial charge in [0.25, 0.3) is 0 Å². The van der Waals surface area contributed by atoms with Crippen LogP contribution in [0, 0.1) is 0 Å². The lowest BCUT2D eigenvalue weighted by atomic mass is 10.1. The molecule has 1 heterocycles. The molecule has 6 nitrogen and oxygen atoms in total. The van der Waals surface area contributed by atoms with Crippen molar-refractivity contribution in [3.8, 4) is 0 Å². The molecule has 0 radical (unpaired) electrons. The number of sulfone groups is 1. The zero-order valence-corrected chi connectivity index (χ0v) is 16.1. The minimum absolute atomic E-state index is 0.340. The van der Waals surface area contributed by atoms with E-state index in [2.05, 4.69) is 20.5 Å². The zero-order chi connectivity index (χ0) is 18.1. The van der Waals surface area contributed by atoms with Crippen LogP contribution >= 0.6 is 0 Å². The second kappa shape index (κ2) is 9.77. The molecule has 2 N–H and O–H groups in total. The Balaban J connectivity index is 1.85. The lowest BCUT2D eigenvalue weighted by molar-refractivity contribution is 0.232. The topological polar surface area (TPSA) is 73.8 Å². The molecule has 0 saturated carbocycles. The molecular weight excluding hydrogens is 336 g/mol. The number of nitrogens with one attached hydrogen (secondary N) is 2. The standard InChI is InChI=1S/C18H30N4O2S/c1-3-19-18(20-11-14-22-12-5-4-6-13-22)21-15-16-7-9-17(10-8-16)25(2,23)24/h7-10H,3-6,11-15H2,1-2H3,(H2,19,20,21). The van der Waals surface area contributed by atoms with Crippen molar-refractivity contribution in [2.24, 2.45) is 4.99 Å². The van der Waals surface area contributed by atoms with Crippen LogP contribution in [0.25, 0.3) is 0 Å². The number of nitrogens with zero attached hydrogens (tertiary/aromatic N) is 2. The van der Waals surface area contributed by atoms with Gasteiger partial charge in [-0.1, -0.05) is 18.6 Å². The third-order valence-electron chi connectivity index (χ3n) is 4.28. The molecule has 140 valence electrons. The van der Waals surface area contributed by atoms with Crippen LogP contribution in [0.3, 0.4) is 0 Å². The summed E-state index contributed by atoms with van der Waals surface area (Å²) < 4.78 is 23.0. The third kappa shape index (κ3) is 7.04. The highest BCUT2D eigenvalue weighted by atomic mass is 32.2. The Morgan fingerprint density at radius 3 is 2.40 bits per heavy atom. The average Bonchev–Trinajstić information content (AvgIpc) is 2.60. The number of hydrogen-bond acceptors (Lipinski definition) is 4. The summed E-state index contributed by atoms with van der Waals surface area (Å²) in [5, 5.41) is 6.63. The minimum Gasteiger partial charge on any atom is -0.357 e. The van der Waals surface area contributed by atoms with E-state index in [-0.39, 0.29) is 0 Å². The molecule has 1 saturated heterocycles. The van der Waals surface area contributed by atoms with Gasteiger partial charge in [0.15, 0.2) is 15.8 Å². The van der Waals surface area contributed by atoms with Gasteiger partial charge < -0.3 is 15.5 Å². The molecule has 0 amide bonds. The van der Waals surface area contributed by atoms with E-state index in [4.69, 9.17) is 0 Å². The monoisotopic (exact) mass is 366 g/mol. The molecule has 1 aromatic carbocycles. The maximum atomic E-state index is 11.5. The van der Waals surface area contributed by atoms with Gasteiger partial charge in [0.05, 0.1) is 11.4 Å². The fraction of sp³-hybridized carbons (Fsp3) is 0.611. The van der Waals surface area contributed by atoms with Crippen molar-refractivity contribution in [1.82, 2.24) is 15.5 Å². The summed E-state index contributed by atoms with van der Waals surface area (Å²) in [6.45, 7) is 7.67. The van der Waals surface area contributed by atoms with Gasteiger partial charge in [0.1, 0.15) is 0 Å². The predicted molar refractivity (Wildman–Crippen MR) is 103 cm³/mol. The SMILES string of the molecule is CCNC(=NCc1ccc(S(C)(=O)=O)cc1)NCCN1CCCCC1. The van der Waals surface area contributed by atoms with Gasteiger partial charge >= 0.3 is 0 Å². The highest BCUT2D eigenvalue weighted by Crippen LogP contribution is 2.11. The van der Waals surface area contributed by atoms with Gasteiger partial charge in [-0.05, 0) is 50.6 Å². The molecule has 0 aliphatic carbocycles. The number of rotatable bonds is 7. The van der Waals surface area contributed by atoms with Crippen LogP contribution in [0.5, 0.6) is 0 Å². The van der Waals surface area contributed by atoms with Crippen molar-refractivity contribution in [3.05, 3.63) is 29.8 Å². The van der Waals surface area contributed by atoms with Gasteiger partial charge in [-0.3, -0.25) is 0 Å². The maximum Gasteiger partial charge on any atom is 0.191 e. The van der Waals surface area contributed by atoms with Crippen LogP contribution < -0.4 is 10.6 Å². The fourth-order valence-corrected chi connectivity index (χ4v) is 3.50. The van der Waals surface area contributed by atoms with Crippen LogP contribution in [0.1, 0.15) is 31.7 Å². The smallest absolute Gasteiger partial charge is 0.191 e. The van der Waals surface area contributed by atoms with E-state index in [0.29, 0.717) is 11.4 Å². The Hall–Kier alpha value is -1.60. The molecule has 1 aliphatic heterocycles. The van der Waals surface area contributed by atoms with E-state index in [1.54, 1.807) is 12.1 Å². The second-order valence-corrected chi connectivity index (χ2v) is 8.46. The van der Waals surface area contributed by atoms with Gasteiger partial charge in [-0.15, -0.1) is 0 Å². The van der Waals surface area contributed by atoms with Crippen molar-refractivity contribution in [1.29, 1.82) is 0 Å². The molecule has 0 unspecified atom stereocenters. The lowest BCUT2D eigenvalue weighted by Gasteiger charge is -2.26. The highest BCUT2D eigenvalue weighted by molar-refractivity contribution is 7.90. The first kappa shape index (κ1) is 19.7. The average molecular weight is 367 g/mol. The van der Waals surface area contributed by atoms with Gasteiger partial charge in [-0.2, -0.15) is 0 Å². The Morgan fingerprint density at radius 2 is 1.80 bits per heavy atom. The number of benzene rings is 1. The van der Waals surface area contributed by atoms with Gasteiger partial charge in [0, 0.05) is 25.9 Å². The summed E-state index contributed by atoms with van der Waals surface area (Å²) in [7, 11) is -3.15. The number of likely N-dealkylation sites (tertiary alicyclic amines) is 1. The molecule has 0 aromatic heterocycles. The molecule has 1 fully saturated rings. The van der Waals surface area contributed by atoms with Crippen LogP contribution in [-0.2, 0) is 16.4 Å². The summed E-state index contributed by atoms with van der Waals surface area (Å²) >= 11 is 0. The Labute approximate surface area is 151 Å². The van der Waals surface area contributed by atoms with Crippen molar-refractivity contribution in [2.45, 2.75) is 37.6 Å². The quantitative estimate of drug-likeness (QED) is 0.567. The normalized spacial score (nSPS) is 16.6.